The second kappa shape index (κ2) is 7.00. The second-order valence-corrected chi connectivity index (χ2v) is 4.95. The van der Waals surface area contributed by atoms with E-state index in [4.69, 9.17) is 0 Å². The van der Waals surface area contributed by atoms with Crippen molar-refractivity contribution < 1.29 is 0 Å². The lowest BCUT2D eigenvalue weighted by Crippen LogP contribution is -2.20. The summed E-state index contributed by atoms with van der Waals surface area (Å²) in [7, 11) is 4.06. The average molecular weight is 274 g/mol. The number of hydrogen-bond donors (Lipinski definition) is 1. The monoisotopic (exact) mass is 274 g/mol. The topological polar surface area (TPSA) is 58.9 Å². The first-order valence-corrected chi connectivity index (χ1v) is 6.88. The van der Waals surface area contributed by atoms with Crippen molar-refractivity contribution in [3.8, 4) is 0 Å². The molecule has 0 saturated heterocycles. The van der Waals surface area contributed by atoms with Crippen molar-refractivity contribution in [3.05, 3.63) is 36.3 Å². The summed E-state index contributed by atoms with van der Waals surface area (Å²) >= 11 is 0. The molecule has 0 aliphatic carbocycles. The molecule has 0 bridgehead atoms. The SMILES string of the molecule is CCCNc1cnc(CN(C)Cc2nccn2C)cn1. The molecular weight excluding hydrogens is 252 g/mol. The Balaban J connectivity index is 1.87. The first-order valence-electron chi connectivity index (χ1n) is 6.88. The number of aryl methyl sites for hydroxylation is 1. The lowest BCUT2D eigenvalue weighted by molar-refractivity contribution is 0.303. The summed E-state index contributed by atoms with van der Waals surface area (Å²) in [4.78, 5) is 15.3. The van der Waals surface area contributed by atoms with Gasteiger partial charge in [0.25, 0.3) is 0 Å². The molecule has 2 aromatic heterocycles. The van der Waals surface area contributed by atoms with Crippen molar-refractivity contribution in [2.45, 2.75) is 26.4 Å². The van der Waals surface area contributed by atoms with Crippen LogP contribution in [0.3, 0.4) is 0 Å². The highest BCUT2D eigenvalue weighted by Gasteiger charge is 2.06. The maximum atomic E-state index is 4.43. The Morgan fingerprint density at radius 2 is 2.05 bits per heavy atom. The lowest BCUT2D eigenvalue weighted by atomic mass is 10.4. The first-order chi connectivity index (χ1) is 9.69. The number of hydrogen-bond acceptors (Lipinski definition) is 5. The van der Waals surface area contributed by atoms with E-state index < -0.39 is 0 Å². The fourth-order valence-corrected chi connectivity index (χ4v) is 1.90. The van der Waals surface area contributed by atoms with Crippen LogP contribution in [0.25, 0.3) is 0 Å². The van der Waals surface area contributed by atoms with Crippen LogP contribution in [0.4, 0.5) is 5.82 Å². The van der Waals surface area contributed by atoms with Crippen molar-refractivity contribution in [1.29, 1.82) is 0 Å². The zero-order valence-electron chi connectivity index (χ0n) is 12.4. The van der Waals surface area contributed by atoms with Crippen LogP contribution in [0.5, 0.6) is 0 Å². The fraction of sp³-hybridized carbons (Fsp3) is 0.500. The number of anilines is 1. The van der Waals surface area contributed by atoms with Crippen LogP contribution in [0, 0.1) is 0 Å². The molecule has 0 aromatic carbocycles. The molecule has 6 nitrogen and oxygen atoms in total. The highest BCUT2D eigenvalue weighted by molar-refractivity contribution is 5.30. The Morgan fingerprint density at radius 3 is 2.65 bits per heavy atom. The zero-order valence-corrected chi connectivity index (χ0v) is 12.4. The van der Waals surface area contributed by atoms with Gasteiger partial charge in [-0.2, -0.15) is 0 Å². The molecule has 1 N–H and O–H groups in total. The third-order valence-electron chi connectivity index (χ3n) is 3.03. The van der Waals surface area contributed by atoms with Gasteiger partial charge in [0.05, 0.1) is 24.6 Å². The van der Waals surface area contributed by atoms with E-state index in [1.807, 2.05) is 30.2 Å². The van der Waals surface area contributed by atoms with Crippen molar-refractivity contribution in [3.63, 3.8) is 0 Å². The average Bonchev–Trinajstić information content (AvgIpc) is 2.83. The van der Waals surface area contributed by atoms with Crippen LogP contribution in [-0.4, -0.2) is 38.0 Å². The molecule has 0 amide bonds. The second-order valence-electron chi connectivity index (χ2n) is 4.95. The smallest absolute Gasteiger partial charge is 0.144 e. The summed E-state index contributed by atoms with van der Waals surface area (Å²) < 4.78 is 2.03. The Labute approximate surface area is 119 Å². The minimum absolute atomic E-state index is 0.758. The number of aromatic nitrogens is 4. The van der Waals surface area contributed by atoms with Gasteiger partial charge < -0.3 is 9.88 Å². The summed E-state index contributed by atoms with van der Waals surface area (Å²) in [6, 6.07) is 0. The van der Waals surface area contributed by atoms with Gasteiger partial charge in [0, 0.05) is 32.5 Å². The van der Waals surface area contributed by atoms with Crippen LogP contribution >= 0.6 is 0 Å². The van der Waals surface area contributed by atoms with Crippen molar-refractivity contribution >= 4 is 5.82 Å². The van der Waals surface area contributed by atoms with E-state index in [-0.39, 0.29) is 0 Å². The zero-order chi connectivity index (χ0) is 14.4. The summed E-state index contributed by atoms with van der Waals surface area (Å²) in [5.41, 5.74) is 0.962. The normalized spacial score (nSPS) is 11.0. The third kappa shape index (κ3) is 4.03. The van der Waals surface area contributed by atoms with Gasteiger partial charge in [0.1, 0.15) is 11.6 Å². The standard InChI is InChI=1S/C14H22N6/c1-4-5-15-13-9-17-12(8-18-13)10-19(2)11-14-16-6-7-20(14)3/h6-9H,4-5,10-11H2,1-3H3,(H,15,18). The van der Waals surface area contributed by atoms with Crippen molar-refractivity contribution in [2.24, 2.45) is 7.05 Å². The molecule has 0 fully saturated rings. The predicted octanol–water partition coefficient (Wildman–Crippen LogP) is 1.66. The Bertz CT molecular complexity index is 519. The van der Waals surface area contributed by atoms with E-state index in [9.17, 15) is 0 Å². The molecule has 0 aliphatic rings. The van der Waals surface area contributed by atoms with Crippen molar-refractivity contribution in [2.75, 3.05) is 18.9 Å². The summed E-state index contributed by atoms with van der Waals surface area (Å²) in [5, 5.41) is 3.22. The van der Waals surface area contributed by atoms with E-state index in [2.05, 4.69) is 39.1 Å². The van der Waals surface area contributed by atoms with E-state index in [0.29, 0.717) is 0 Å². The molecule has 2 aromatic rings. The van der Waals surface area contributed by atoms with Crippen LogP contribution in [0.15, 0.2) is 24.8 Å². The molecule has 0 unspecified atom stereocenters. The Morgan fingerprint density at radius 1 is 1.20 bits per heavy atom. The third-order valence-corrected chi connectivity index (χ3v) is 3.03. The van der Waals surface area contributed by atoms with Gasteiger partial charge in [-0.05, 0) is 13.5 Å². The molecule has 2 rings (SSSR count). The van der Waals surface area contributed by atoms with Gasteiger partial charge in [-0.1, -0.05) is 6.92 Å². The van der Waals surface area contributed by atoms with E-state index in [1.54, 1.807) is 6.20 Å². The van der Waals surface area contributed by atoms with E-state index in [0.717, 1.165) is 43.4 Å². The largest absolute Gasteiger partial charge is 0.369 e. The van der Waals surface area contributed by atoms with Gasteiger partial charge in [-0.15, -0.1) is 0 Å². The lowest BCUT2D eigenvalue weighted by Gasteiger charge is -2.15. The van der Waals surface area contributed by atoms with Gasteiger partial charge in [-0.25, -0.2) is 9.97 Å². The first kappa shape index (κ1) is 14.5. The molecule has 108 valence electrons. The molecule has 2 heterocycles. The maximum Gasteiger partial charge on any atom is 0.144 e. The minimum Gasteiger partial charge on any atom is -0.369 e. The summed E-state index contributed by atoms with van der Waals surface area (Å²) in [5.74, 6) is 1.88. The van der Waals surface area contributed by atoms with Crippen LogP contribution in [-0.2, 0) is 20.1 Å². The van der Waals surface area contributed by atoms with Crippen LogP contribution < -0.4 is 5.32 Å². The molecule has 0 atom stereocenters. The number of nitrogens with one attached hydrogen (secondary N) is 1. The van der Waals surface area contributed by atoms with Gasteiger partial charge >= 0.3 is 0 Å². The quantitative estimate of drug-likeness (QED) is 0.832. The summed E-state index contributed by atoms with van der Waals surface area (Å²) in [6.07, 6.45) is 8.47. The molecular formula is C14H22N6. The van der Waals surface area contributed by atoms with E-state index >= 15 is 0 Å². The van der Waals surface area contributed by atoms with Crippen LogP contribution in [0.2, 0.25) is 0 Å². The Kier molecular flexibility index (Phi) is 5.06. The van der Waals surface area contributed by atoms with Crippen molar-refractivity contribution in [1.82, 2.24) is 24.4 Å². The Hall–Kier alpha value is -1.95. The van der Waals surface area contributed by atoms with Gasteiger partial charge in [0.15, 0.2) is 0 Å². The maximum absolute atomic E-state index is 4.43. The molecule has 20 heavy (non-hydrogen) atoms. The fourth-order valence-electron chi connectivity index (χ4n) is 1.90. The molecule has 6 heteroatoms. The van der Waals surface area contributed by atoms with Gasteiger partial charge in [-0.3, -0.25) is 9.88 Å². The van der Waals surface area contributed by atoms with E-state index in [1.165, 1.54) is 0 Å². The minimum atomic E-state index is 0.758. The summed E-state index contributed by atoms with van der Waals surface area (Å²) in [6.45, 7) is 4.60. The molecule has 0 radical (unpaired) electrons. The molecule has 0 aliphatic heterocycles. The molecule has 0 saturated carbocycles. The number of imidazole rings is 1. The number of rotatable bonds is 7. The molecule has 0 spiro atoms. The van der Waals surface area contributed by atoms with Gasteiger partial charge in [0.2, 0.25) is 0 Å². The van der Waals surface area contributed by atoms with Crippen LogP contribution in [0.1, 0.15) is 24.9 Å². The highest BCUT2D eigenvalue weighted by Crippen LogP contribution is 2.06. The predicted molar refractivity (Wildman–Crippen MR) is 79.2 cm³/mol. The highest BCUT2D eigenvalue weighted by atomic mass is 15.2. The number of nitrogens with zero attached hydrogens (tertiary/aromatic N) is 5.